The van der Waals surface area contributed by atoms with Crippen molar-refractivity contribution in [1.82, 2.24) is 10.2 Å². The first-order chi connectivity index (χ1) is 10.1. The first kappa shape index (κ1) is 17.3. The van der Waals surface area contributed by atoms with Crippen LogP contribution in [-0.4, -0.2) is 53.3 Å². The molecule has 21 heavy (non-hydrogen) atoms. The van der Waals surface area contributed by atoms with Gasteiger partial charge in [-0.3, -0.25) is 24.8 Å². The van der Waals surface area contributed by atoms with E-state index in [1.165, 1.54) is 0 Å². The van der Waals surface area contributed by atoms with E-state index in [0.29, 0.717) is 38.1 Å². The SMILES string of the molecule is CCCCN1C(=O)NC(=O)[C@@H](C(CC)=NCCCO)C1=O. The molecule has 0 aromatic rings. The van der Waals surface area contributed by atoms with Gasteiger partial charge in [0.2, 0.25) is 11.8 Å². The molecule has 1 heterocycles. The molecule has 2 N–H and O–H groups in total. The molecule has 7 heteroatoms. The number of imide groups is 2. The molecule has 4 amide bonds. The van der Waals surface area contributed by atoms with Crippen molar-refractivity contribution in [1.29, 1.82) is 0 Å². The highest BCUT2D eigenvalue weighted by molar-refractivity contribution is 6.27. The first-order valence-corrected chi connectivity index (χ1v) is 7.37. The van der Waals surface area contributed by atoms with Gasteiger partial charge in [-0.25, -0.2) is 4.79 Å². The molecule has 0 bridgehead atoms. The summed E-state index contributed by atoms with van der Waals surface area (Å²) in [6.45, 7) is 4.44. The third kappa shape index (κ3) is 4.35. The van der Waals surface area contributed by atoms with Crippen molar-refractivity contribution < 1.29 is 19.5 Å². The van der Waals surface area contributed by atoms with Crippen LogP contribution in [0.25, 0.3) is 0 Å². The van der Waals surface area contributed by atoms with Gasteiger partial charge in [0.05, 0.1) is 0 Å². The predicted octanol–water partition coefficient (Wildman–Crippen LogP) is 0.714. The Kier molecular flexibility index (Phi) is 7.01. The molecule has 0 spiro atoms. The molecule has 1 aliphatic rings. The van der Waals surface area contributed by atoms with Crippen LogP contribution in [0.4, 0.5) is 4.79 Å². The van der Waals surface area contributed by atoms with Gasteiger partial charge in [0.1, 0.15) is 0 Å². The summed E-state index contributed by atoms with van der Waals surface area (Å²) in [5, 5.41) is 11.0. The Bertz CT molecular complexity index is 434. The minimum absolute atomic E-state index is 0.00636. The second-order valence-electron chi connectivity index (χ2n) is 4.87. The van der Waals surface area contributed by atoms with Crippen LogP contribution in [-0.2, 0) is 9.59 Å². The number of amides is 4. The highest BCUT2D eigenvalue weighted by Crippen LogP contribution is 2.15. The summed E-state index contributed by atoms with van der Waals surface area (Å²) in [5.74, 6) is -2.13. The topological polar surface area (TPSA) is 99.1 Å². The largest absolute Gasteiger partial charge is 0.396 e. The molecule has 7 nitrogen and oxygen atoms in total. The Labute approximate surface area is 124 Å². The summed E-state index contributed by atoms with van der Waals surface area (Å²) in [6.07, 6.45) is 2.47. The molecule has 1 saturated heterocycles. The van der Waals surface area contributed by atoms with Crippen LogP contribution in [0.5, 0.6) is 0 Å². The minimum Gasteiger partial charge on any atom is -0.396 e. The Morgan fingerprint density at radius 2 is 2.00 bits per heavy atom. The first-order valence-electron chi connectivity index (χ1n) is 7.37. The lowest BCUT2D eigenvalue weighted by Crippen LogP contribution is -2.60. The molecule has 0 aromatic carbocycles. The van der Waals surface area contributed by atoms with Gasteiger partial charge in [-0.1, -0.05) is 20.3 Å². The summed E-state index contributed by atoms with van der Waals surface area (Å²) in [4.78, 5) is 41.4. The van der Waals surface area contributed by atoms with E-state index < -0.39 is 23.8 Å². The van der Waals surface area contributed by atoms with Crippen LogP contribution in [0.2, 0.25) is 0 Å². The number of carbonyl (C=O) groups is 3. The fraction of sp³-hybridized carbons (Fsp3) is 0.714. The average Bonchev–Trinajstić information content (AvgIpc) is 2.45. The number of hydrogen-bond acceptors (Lipinski definition) is 5. The Morgan fingerprint density at radius 1 is 1.29 bits per heavy atom. The predicted molar refractivity (Wildman–Crippen MR) is 77.9 cm³/mol. The van der Waals surface area contributed by atoms with Crippen LogP contribution < -0.4 is 5.32 Å². The van der Waals surface area contributed by atoms with Crippen molar-refractivity contribution in [3.63, 3.8) is 0 Å². The molecule has 0 aromatic heterocycles. The fourth-order valence-electron chi connectivity index (χ4n) is 2.14. The number of nitrogens with zero attached hydrogens (tertiary/aromatic N) is 2. The molecular formula is C14H23N3O4. The molecular weight excluding hydrogens is 274 g/mol. The van der Waals surface area contributed by atoms with Gasteiger partial charge in [0, 0.05) is 25.4 Å². The van der Waals surface area contributed by atoms with E-state index in [4.69, 9.17) is 5.11 Å². The number of hydrogen-bond donors (Lipinski definition) is 2. The normalized spacial score (nSPS) is 20.0. The number of aliphatic hydroxyl groups is 1. The number of barbiturate groups is 1. The van der Waals surface area contributed by atoms with E-state index in [1.54, 1.807) is 0 Å². The molecule has 0 aliphatic carbocycles. The van der Waals surface area contributed by atoms with Gasteiger partial charge in [0.15, 0.2) is 5.92 Å². The molecule has 0 saturated carbocycles. The van der Waals surface area contributed by atoms with E-state index >= 15 is 0 Å². The molecule has 1 aliphatic heterocycles. The third-order valence-electron chi connectivity index (χ3n) is 3.31. The smallest absolute Gasteiger partial charge is 0.330 e. The maximum atomic E-state index is 12.4. The average molecular weight is 297 g/mol. The van der Waals surface area contributed by atoms with Crippen LogP contribution in [0.15, 0.2) is 4.99 Å². The quantitative estimate of drug-likeness (QED) is 0.391. The summed E-state index contributed by atoms with van der Waals surface area (Å²) in [5.41, 5.74) is 0.458. The van der Waals surface area contributed by atoms with E-state index in [9.17, 15) is 14.4 Å². The maximum absolute atomic E-state index is 12.4. The number of aliphatic hydroxyl groups excluding tert-OH is 1. The van der Waals surface area contributed by atoms with Crippen molar-refractivity contribution in [2.45, 2.75) is 39.5 Å². The van der Waals surface area contributed by atoms with Gasteiger partial charge in [-0.15, -0.1) is 0 Å². The summed E-state index contributed by atoms with van der Waals surface area (Å²) in [6, 6.07) is -0.652. The van der Waals surface area contributed by atoms with Gasteiger partial charge >= 0.3 is 6.03 Å². The zero-order valence-electron chi connectivity index (χ0n) is 12.6. The minimum atomic E-state index is -1.02. The number of aliphatic imine (C=N–C) groups is 1. The standard InChI is InChI=1S/C14H23N3O4/c1-3-5-8-17-13(20)11(12(19)16-14(17)21)10(4-2)15-7-6-9-18/h11,18H,3-9H2,1-2H3,(H,16,19,21)/t11-/m1/s1. The molecule has 1 atom stereocenters. The lowest BCUT2D eigenvalue weighted by Gasteiger charge is -2.30. The van der Waals surface area contributed by atoms with E-state index in [2.05, 4.69) is 10.3 Å². The van der Waals surface area contributed by atoms with E-state index in [-0.39, 0.29) is 6.61 Å². The Morgan fingerprint density at radius 3 is 2.57 bits per heavy atom. The molecule has 0 unspecified atom stereocenters. The number of nitrogens with one attached hydrogen (secondary N) is 1. The van der Waals surface area contributed by atoms with Gasteiger partial charge < -0.3 is 5.11 Å². The van der Waals surface area contributed by atoms with Gasteiger partial charge in [-0.05, 0) is 19.3 Å². The lowest BCUT2D eigenvalue weighted by molar-refractivity contribution is -0.139. The van der Waals surface area contributed by atoms with Crippen LogP contribution in [0.3, 0.4) is 0 Å². The zero-order chi connectivity index (χ0) is 15.8. The highest BCUT2D eigenvalue weighted by atomic mass is 16.3. The van der Waals surface area contributed by atoms with E-state index in [0.717, 1.165) is 11.3 Å². The van der Waals surface area contributed by atoms with Crippen molar-refractivity contribution >= 4 is 23.6 Å². The summed E-state index contributed by atoms with van der Waals surface area (Å²) in [7, 11) is 0. The molecule has 118 valence electrons. The summed E-state index contributed by atoms with van der Waals surface area (Å²) < 4.78 is 0. The monoisotopic (exact) mass is 297 g/mol. The number of urea groups is 1. The zero-order valence-corrected chi connectivity index (χ0v) is 12.6. The fourth-order valence-corrected chi connectivity index (χ4v) is 2.14. The van der Waals surface area contributed by atoms with E-state index in [1.807, 2.05) is 13.8 Å². The Hall–Kier alpha value is -1.76. The highest BCUT2D eigenvalue weighted by Gasteiger charge is 2.42. The Balaban J connectivity index is 2.91. The lowest BCUT2D eigenvalue weighted by atomic mass is 9.96. The number of carbonyl (C=O) groups excluding carboxylic acids is 3. The molecule has 0 radical (unpaired) electrons. The van der Waals surface area contributed by atoms with Gasteiger partial charge in [-0.2, -0.15) is 0 Å². The molecule has 1 rings (SSSR count). The molecule has 1 fully saturated rings. The van der Waals surface area contributed by atoms with Crippen LogP contribution in [0.1, 0.15) is 39.5 Å². The van der Waals surface area contributed by atoms with Crippen molar-refractivity contribution in [2.75, 3.05) is 19.7 Å². The number of unbranched alkanes of at least 4 members (excludes halogenated alkanes) is 1. The maximum Gasteiger partial charge on any atom is 0.330 e. The second kappa shape index (κ2) is 8.51. The van der Waals surface area contributed by atoms with Gasteiger partial charge in [0.25, 0.3) is 0 Å². The number of rotatable bonds is 8. The summed E-state index contributed by atoms with van der Waals surface area (Å²) >= 11 is 0. The third-order valence-corrected chi connectivity index (χ3v) is 3.31. The van der Waals surface area contributed by atoms with Crippen LogP contribution >= 0.6 is 0 Å². The van der Waals surface area contributed by atoms with Crippen LogP contribution in [0, 0.1) is 5.92 Å². The van der Waals surface area contributed by atoms with Crippen molar-refractivity contribution in [3.8, 4) is 0 Å². The van der Waals surface area contributed by atoms with Crippen molar-refractivity contribution in [3.05, 3.63) is 0 Å². The second-order valence-corrected chi connectivity index (χ2v) is 4.87. The van der Waals surface area contributed by atoms with Crippen molar-refractivity contribution in [2.24, 2.45) is 10.9 Å².